The monoisotopic (exact) mass is 259 g/mol. The molecule has 1 N–H and O–H groups in total. The van der Waals surface area contributed by atoms with Crippen LogP contribution in [0.5, 0.6) is 0 Å². The molecule has 0 amide bonds. The predicted octanol–water partition coefficient (Wildman–Crippen LogP) is 3.04. The van der Waals surface area contributed by atoms with Gasteiger partial charge in [-0.1, -0.05) is 26.7 Å². The van der Waals surface area contributed by atoms with E-state index in [2.05, 4.69) is 34.2 Å². The first-order valence-corrected chi connectivity index (χ1v) is 6.91. The van der Waals surface area contributed by atoms with E-state index in [0.29, 0.717) is 6.04 Å². The Labute approximate surface area is 114 Å². The fourth-order valence-corrected chi connectivity index (χ4v) is 2.06. The Morgan fingerprint density at radius 1 is 1.37 bits per heavy atom. The quantitative estimate of drug-likeness (QED) is 0.830. The Kier molecular flexibility index (Phi) is 4.89. The molecule has 0 aromatic carbocycles. The molecule has 0 radical (unpaired) electrons. The molecule has 5 nitrogen and oxygen atoms in total. The van der Waals surface area contributed by atoms with E-state index in [-0.39, 0.29) is 0 Å². The van der Waals surface area contributed by atoms with Crippen molar-refractivity contribution in [3.8, 4) is 5.82 Å². The molecular formula is C14H21N5. The summed E-state index contributed by atoms with van der Waals surface area (Å²) in [6.45, 7) is 4.43. The van der Waals surface area contributed by atoms with E-state index in [1.165, 1.54) is 25.6 Å². The zero-order chi connectivity index (χ0) is 13.5. The summed E-state index contributed by atoms with van der Waals surface area (Å²) in [6, 6.07) is 4.46. The Balaban J connectivity index is 2.15. The van der Waals surface area contributed by atoms with E-state index in [0.717, 1.165) is 17.9 Å². The molecule has 2 aromatic rings. The molecule has 2 aromatic heterocycles. The first-order valence-electron chi connectivity index (χ1n) is 6.91. The highest BCUT2D eigenvalue weighted by atomic mass is 15.3. The number of anilines is 1. The first kappa shape index (κ1) is 13.5. The van der Waals surface area contributed by atoms with Crippen molar-refractivity contribution in [1.82, 2.24) is 19.7 Å². The smallest absolute Gasteiger partial charge is 0.178 e. The Bertz CT molecular complexity index is 480. The largest absolute Gasteiger partial charge is 0.379 e. The number of hydrogen-bond acceptors (Lipinski definition) is 4. The Hall–Kier alpha value is -1.91. The van der Waals surface area contributed by atoms with Gasteiger partial charge in [-0.15, -0.1) is 0 Å². The van der Waals surface area contributed by atoms with Gasteiger partial charge in [-0.3, -0.25) is 0 Å². The van der Waals surface area contributed by atoms with Crippen LogP contribution in [-0.4, -0.2) is 25.8 Å². The van der Waals surface area contributed by atoms with Crippen LogP contribution in [0.4, 0.5) is 5.69 Å². The summed E-state index contributed by atoms with van der Waals surface area (Å²) in [4.78, 5) is 8.36. The summed E-state index contributed by atoms with van der Waals surface area (Å²) in [6.07, 6.45) is 9.71. The molecule has 0 saturated carbocycles. The average Bonchev–Trinajstić information content (AvgIpc) is 2.98. The maximum absolute atomic E-state index is 4.39. The van der Waals surface area contributed by atoms with Crippen molar-refractivity contribution in [1.29, 1.82) is 0 Å². The second kappa shape index (κ2) is 6.87. The molecule has 0 aliphatic carbocycles. The molecular weight excluding hydrogens is 238 g/mol. The van der Waals surface area contributed by atoms with Gasteiger partial charge in [0.15, 0.2) is 5.82 Å². The van der Waals surface area contributed by atoms with Crippen molar-refractivity contribution < 1.29 is 0 Å². The predicted molar refractivity (Wildman–Crippen MR) is 76.4 cm³/mol. The molecule has 0 saturated heterocycles. The highest BCUT2D eigenvalue weighted by molar-refractivity contribution is 5.56. The van der Waals surface area contributed by atoms with Crippen molar-refractivity contribution in [3.05, 3.63) is 31.0 Å². The number of pyridine rings is 1. The topological polar surface area (TPSA) is 55.6 Å². The molecule has 1 unspecified atom stereocenters. The molecule has 19 heavy (non-hydrogen) atoms. The van der Waals surface area contributed by atoms with Gasteiger partial charge >= 0.3 is 0 Å². The molecule has 1 atom stereocenters. The molecule has 0 aliphatic heterocycles. The summed E-state index contributed by atoms with van der Waals surface area (Å²) in [7, 11) is 0. The molecule has 0 bridgehead atoms. The summed E-state index contributed by atoms with van der Waals surface area (Å²) in [5, 5.41) is 7.71. The van der Waals surface area contributed by atoms with Crippen LogP contribution in [0.25, 0.3) is 5.82 Å². The molecule has 2 rings (SSSR count). The minimum absolute atomic E-state index is 0.478. The van der Waals surface area contributed by atoms with Gasteiger partial charge in [-0.25, -0.2) is 14.6 Å². The Morgan fingerprint density at radius 2 is 2.26 bits per heavy atom. The second-order valence-electron chi connectivity index (χ2n) is 4.61. The van der Waals surface area contributed by atoms with Gasteiger partial charge in [0.05, 0.1) is 5.69 Å². The number of unbranched alkanes of at least 4 members (excludes halogenated alkanes) is 1. The molecule has 102 valence electrons. The molecule has 0 aliphatic rings. The third-order valence-electron chi connectivity index (χ3n) is 3.18. The van der Waals surface area contributed by atoms with Crippen molar-refractivity contribution >= 4 is 5.69 Å². The zero-order valence-corrected chi connectivity index (χ0v) is 11.6. The second-order valence-corrected chi connectivity index (χ2v) is 4.61. The lowest BCUT2D eigenvalue weighted by Crippen LogP contribution is -2.20. The zero-order valence-electron chi connectivity index (χ0n) is 11.6. The van der Waals surface area contributed by atoms with Gasteiger partial charge in [0.1, 0.15) is 12.7 Å². The third kappa shape index (κ3) is 3.53. The minimum atomic E-state index is 0.478. The maximum atomic E-state index is 4.39. The van der Waals surface area contributed by atoms with Crippen LogP contribution in [0.2, 0.25) is 0 Å². The molecule has 0 spiro atoms. The minimum Gasteiger partial charge on any atom is -0.379 e. The van der Waals surface area contributed by atoms with Crippen molar-refractivity contribution in [2.24, 2.45) is 0 Å². The lowest BCUT2D eigenvalue weighted by atomic mass is 10.1. The highest BCUT2D eigenvalue weighted by Crippen LogP contribution is 2.19. The van der Waals surface area contributed by atoms with E-state index >= 15 is 0 Å². The van der Waals surface area contributed by atoms with Crippen LogP contribution in [0, 0.1) is 0 Å². The summed E-state index contributed by atoms with van der Waals surface area (Å²) >= 11 is 0. The molecule has 0 fully saturated rings. The van der Waals surface area contributed by atoms with Gasteiger partial charge in [0.25, 0.3) is 0 Å². The first-order chi connectivity index (χ1) is 9.35. The summed E-state index contributed by atoms with van der Waals surface area (Å²) in [5.74, 6) is 0.801. The van der Waals surface area contributed by atoms with Crippen molar-refractivity contribution in [2.45, 2.75) is 45.6 Å². The average molecular weight is 259 g/mol. The number of nitrogens with zero attached hydrogens (tertiary/aromatic N) is 4. The lowest BCUT2D eigenvalue weighted by molar-refractivity contribution is 0.592. The lowest BCUT2D eigenvalue weighted by Gasteiger charge is -2.19. The van der Waals surface area contributed by atoms with E-state index in [1.807, 2.05) is 12.1 Å². The fraction of sp³-hybridized carbons (Fsp3) is 0.500. The maximum Gasteiger partial charge on any atom is 0.178 e. The van der Waals surface area contributed by atoms with Gasteiger partial charge in [0, 0.05) is 12.2 Å². The third-order valence-corrected chi connectivity index (χ3v) is 3.18. The van der Waals surface area contributed by atoms with Crippen LogP contribution in [0.3, 0.4) is 0 Å². The van der Waals surface area contributed by atoms with E-state index < -0.39 is 0 Å². The van der Waals surface area contributed by atoms with Crippen molar-refractivity contribution in [2.75, 3.05) is 5.32 Å². The van der Waals surface area contributed by atoms with Crippen LogP contribution in [0.1, 0.15) is 39.5 Å². The van der Waals surface area contributed by atoms with E-state index in [9.17, 15) is 0 Å². The van der Waals surface area contributed by atoms with Gasteiger partial charge < -0.3 is 5.32 Å². The normalized spacial score (nSPS) is 12.3. The highest BCUT2D eigenvalue weighted by Gasteiger charge is 2.10. The standard InChI is InChI=1S/C14H21N5/c1-3-5-7-12(4-2)18-13-8-6-9-16-14(13)19-11-15-10-17-19/h6,8-12,18H,3-5,7H2,1-2H3. The summed E-state index contributed by atoms with van der Waals surface area (Å²) < 4.78 is 1.69. The van der Waals surface area contributed by atoms with Gasteiger partial charge in [0.2, 0.25) is 0 Å². The number of nitrogens with one attached hydrogen (secondary N) is 1. The van der Waals surface area contributed by atoms with Crippen LogP contribution in [-0.2, 0) is 0 Å². The SMILES string of the molecule is CCCCC(CC)Nc1cccnc1-n1cncn1. The van der Waals surface area contributed by atoms with Gasteiger partial charge in [-0.2, -0.15) is 5.10 Å². The molecule has 5 heteroatoms. The summed E-state index contributed by atoms with van der Waals surface area (Å²) in [5.41, 5.74) is 1.01. The van der Waals surface area contributed by atoms with Gasteiger partial charge in [-0.05, 0) is 25.0 Å². The van der Waals surface area contributed by atoms with E-state index in [4.69, 9.17) is 0 Å². The van der Waals surface area contributed by atoms with Crippen molar-refractivity contribution in [3.63, 3.8) is 0 Å². The number of rotatable bonds is 7. The molecule has 2 heterocycles. The van der Waals surface area contributed by atoms with Crippen LogP contribution >= 0.6 is 0 Å². The fourth-order valence-electron chi connectivity index (χ4n) is 2.06. The Morgan fingerprint density at radius 3 is 2.95 bits per heavy atom. The van der Waals surface area contributed by atoms with Crippen LogP contribution in [0.15, 0.2) is 31.0 Å². The van der Waals surface area contributed by atoms with E-state index in [1.54, 1.807) is 17.2 Å². The number of aromatic nitrogens is 4. The number of hydrogen-bond donors (Lipinski definition) is 1. The van der Waals surface area contributed by atoms with Crippen LogP contribution < -0.4 is 5.32 Å².